The molecule has 2 atom stereocenters. The van der Waals surface area contributed by atoms with E-state index in [1.807, 2.05) is 66.7 Å². The molecule has 0 fully saturated rings. The number of carbonyl (C=O) groups excluding carboxylic acids is 2. The Labute approximate surface area is 169 Å². The van der Waals surface area contributed by atoms with Gasteiger partial charge in [-0.1, -0.05) is 94.4 Å². The third-order valence-electron chi connectivity index (χ3n) is 5.03. The molecule has 0 amide bonds. The van der Waals surface area contributed by atoms with Gasteiger partial charge in [0.15, 0.2) is 5.78 Å². The van der Waals surface area contributed by atoms with E-state index in [4.69, 9.17) is 0 Å². The van der Waals surface area contributed by atoms with Crippen molar-refractivity contribution in [1.29, 1.82) is 0 Å². The molecule has 0 aliphatic carbocycles. The highest BCUT2D eigenvalue weighted by molar-refractivity contribution is 5.96. The van der Waals surface area contributed by atoms with Crippen molar-refractivity contribution in [2.45, 2.75) is 46.5 Å². The summed E-state index contributed by atoms with van der Waals surface area (Å²) in [5, 5.41) is 0. The minimum atomic E-state index is -0.224. The first-order valence-electron chi connectivity index (χ1n) is 10.2. The van der Waals surface area contributed by atoms with Gasteiger partial charge in [-0.15, -0.1) is 0 Å². The number of Topliss-reactive ketones (excluding diaryl/α,β-unsaturated/α-hetero) is 1. The van der Waals surface area contributed by atoms with Crippen molar-refractivity contribution >= 4 is 17.6 Å². The quantitative estimate of drug-likeness (QED) is 0.454. The van der Waals surface area contributed by atoms with Gasteiger partial charge in [-0.2, -0.15) is 0 Å². The number of hydrogen-bond donors (Lipinski definition) is 0. The van der Waals surface area contributed by atoms with Crippen molar-refractivity contribution in [1.82, 2.24) is 0 Å². The van der Waals surface area contributed by atoms with Gasteiger partial charge in [-0.3, -0.25) is 9.59 Å². The van der Waals surface area contributed by atoms with E-state index in [1.165, 1.54) is 0 Å². The Balaban J connectivity index is 2.31. The summed E-state index contributed by atoms with van der Waals surface area (Å²) in [4.78, 5) is 25.8. The van der Waals surface area contributed by atoms with Crippen molar-refractivity contribution in [3.05, 3.63) is 77.9 Å². The molecule has 0 spiro atoms. The molecule has 0 saturated heterocycles. The molecule has 2 rings (SSSR count). The molecule has 2 nitrogen and oxygen atoms in total. The summed E-state index contributed by atoms with van der Waals surface area (Å²) < 4.78 is 0. The van der Waals surface area contributed by atoms with Gasteiger partial charge in [0.25, 0.3) is 0 Å². The van der Waals surface area contributed by atoms with Crippen LogP contribution in [0.2, 0.25) is 0 Å². The predicted molar refractivity (Wildman–Crippen MR) is 117 cm³/mol. The van der Waals surface area contributed by atoms with Gasteiger partial charge in [-0.05, 0) is 29.0 Å². The topological polar surface area (TPSA) is 34.1 Å². The summed E-state index contributed by atoms with van der Waals surface area (Å²) in [6.45, 7) is 8.26. The van der Waals surface area contributed by atoms with E-state index in [2.05, 4.69) is 27.7 Å². The van der Waals surface area contributed by atoms with Gasteiger partial charge in [-0.25, -0.2) is 0 Å². The molecule has 0 N–H and O–H groups in total. The van der Waals surface area contributed by atoms with E-state index >= 15 is 0 Å². The van der Waals surface area contributed by atoms with Crippen LogP contribution in [0, 0.1) is 17.8 Å². The first-order chi connectivity index (χ1) is 13.4. The fourth-order valence-corrected chi connectivity index (χ4v) is 3.78. The number of ketones is 2. The standard InChI is InChI=1S/C26H32O2/c1-19(2)17-23(27)18-24(22-13-9-6-10-14-22)26(20(3)4)25(28)16-15-21-11-7-5-8-12-21/h5-16,19-20,24,26H,17-18H2,1-4H3/b16-15-/t24-,26-/m1/s1. The molecule has 0 aliphatic rings. The molecule has 2 aromatic carbocycles. The smallest absolute Gasteiger partial charge is 0.159 e. The minimum Gasteiger partial charge on any atom is -0.300 e. The summed E-state index contributed by atoms with van der Waals surface area (Å²) in [7, 11) is 0. The van der Waals surface area contributed by atoms with Gasteiger partial charge >= 0.3 is 0 Å². The van der Waals surface area contributed by atoms with Crippen LogP contribution >= 0.6 is 0 Å². The van der Waals surface area contributed by atoms with Crippen molar-refractivity contribution < 1.29 is 9.59 Å². The zero-order chi connectivity index (χ0) is 20.5. The third kappa shape index (κ3) is 6.60. The number of benzene rings is 2. The monoisotopic (exact) mass is 376 g/mol. The predicted octanol–water partition coefficient (Wildman–Crippen LogP) is 6.33. The number of allylic oxidation sites excluding steroid dienone is 1. The molecule has 0 bridgehead atoms. The van der Waals surface area contributed by atoms with E-state index < -0.39 is 0 Å². The van der Waals surface area contributed by atoms with Crippen LogP contribution in [-0.4, -0.2) is 11.6 Å². The Morgan fingerprint density at radius 2 is 1.39 bits per heavy atom. The first-order valence-corrected chi connectivity index (χ1v) is 10.2. The van der Waals surface area contributed by atoms with E-state index in [9.17, 15) is 9.59 Å². The van der Waals surface area contributed by atoms with Crippen LogP contribution in [-0.2, 0) is 9.59 Å². The summed E-state index contributed by atoms with van der Waals surface area (Å²) in [6, 6.07) is 19.9. The maximum absolute atomic E-state index is 13.2. The summed E-state index contributed by atoms with van der Waals surface area (Å²) in [5.41, 5.74) is 2.07. The summed E-state index contributed by atoms with van der Waals surface area (Å²) in [6.07, 6.45) is 4.52. The van der Waals surface area contributed by atoms with Crippen LogP contribution < -0.4 is 0 Å². The lowest BCUT2D eigenvalue weighted by Gasteiger charge is -2.29. The molecule has 0 saturated carbocycles. The molecule has 2 aromatic rings. The highest BCUT2D eigenvalue weighted by atomic mass is 16.1. The van der Waals surface area contributed by atoms with E-state index in [-0.39, 0.29) is 29.3 Å². The minimum absolute atomic E-state index is 0.0880. The maximum atomic E-state index is 13.2. The average Bonchev–Trinajstić information content (AvgIpc) is 2.66. The molecule has 148 valence electrons. The van der Waals surface area contributed by atoms with Crippen molar-refractivity contribution in [3.63, 3.8) is 0 Å². The Hall–Kier alpha value is -2.48. The molecule has 28 heavy (non-hydrogen) atoms. The van der Waals surface area contributed by atoms with Gasteiger partial charge in [0.1, 0.15) is 5.78 Å². The second-order valence-electron chi connectivity index (χ2n) is 8.27. The van der Waals surface area contributed by atoms with Crippen LogP contribution in [0.4, 0.5) is 0 Å². The molecule has 0 unspecified atom stereocenters. The fourth-order valence-electron chi connectivity index (χ4n) is 3.78. The Bertz CT molecular complexity index is 773. The van der Waals surface area contributed by atoms with Crippen molar-refractivity contribution in [2.75, 3.05) is 0 Å². The van der Waals surface area contributed by atoms with E-state index in [0.717, 1.165) is 11.1 Å². The van der Waals surface area contributed by atoms with Gasteiger partial charge in [0.2, 0.25) is 0 Å². The molecular formula is C26H32O2. The SMILES string of the molecule is CC(C)CC(=O)C[C@H](c1ccccc1)[C@H](C(=O)/C=C\c1ccccc1)C(C)C. The molecule has 2 heteroatoms. The largest absolute Gasteiger partial charge is 0.300 e. The summed E-state index contributed by atoms with van der Waals surface area (Å²) in [5.74, 6) is 0.471. The number of rotatable bonds is 10. The van der Waals surface area contributed by atoms with Crippen LogP contribution in [0.1, 0.15) is 57.6 Å². The normalized spacial score (nSPS) is 13.8. The first kappa shape index (κ1) is 21.8. The molecular weight excluding hydrogens is 344 g/mol. The Morgan fingerprint density at radius 1 is 0.821 bits per heavy atom. The van der Waals surface area contributed by atoms with Crippen molar-refractivity contribution in [3.8, 4) is 0 Å². The van der Waals surface area contributed by atoms with Crippen LogP contribution in [0.5, 0.6) is 0 Å². The lowest BCUT2D eigenvalue weighted by Crippen LogP contribution is -2.28. The molecule has 0 radical (unpaired) electrons. The Morgan fingerprint density at radius 3 is 1.93 bits per heavy atom. The highest BCUT2D eigenvalue weighted by Gasteiger charge is 2.32. The molecule has 0 aliphatic heterocycles. The van der Waals surface area contributed by atoms with Gasteiger partial charge in [0, 0.05) is 24.7 Å². The Kier molecular flexibility index (Phi) is 8.38. The maximum Gasteiger partial charge on any atom is 0.159 e. The van der Waals surface area contributed by atoms with Crippen LogP contribution in [0.25, 0.3) is 6.08 Å². The lowest BCUT2D eigenvalue weighted by molar-refractivity contribution is -0.122. The second-order valence-corrected chi connectivity index (χ2v) is 8.27. The summed E-state index contributed by atoms with van der Waals surface area (Å²) >= 11 is 0. The second kappa shape index (κ2) is 10.8. The zero-order valence-corrected chi connectivity index (χ0v) is 17.5. The van der Waals surface area contributed by atoms with Gasteiger partial charge < -0.3 is 0 Å². The van der Waals surface area contributed by atoms with Crippen LogP contribution in [0.15, 0.2) is 66.7 Å². The highest BCUT2D eigenvalue weighted by Crippen LogP contribution is 2.35. The van der Waals surface area contributed by atoms with Crippen molar-refractivity contribution in [2.24, 2.45) is 17.8 Å². The average molecular weight is 377 g/mol. The third-order valence-corrected chi connectivity index (χ3v) is 5.03. The fraction of sp³-hybridized carbons (Fsp3) is 0.385. The number of hydrogen-bond acceptors (Lipinski definition) is 2. The molecule has 0 aromatic heterocycles. The van der Waals surface area contributed by atoms with Gasteiger partial charge in [0.05, 0.1) is 0 Å². The number of carbonyl (C=O) groups is 2. The molecule has 0 heterocycles. The zero-order valence-electron chi connectivity index (χ0n) is 17.5. The van der Waals surface area contributed by atoms with Crippen LogP contribution in [0.3, 0.4) is 0 Å². The lowest BCUT2D eigenvalue weighted by atomic mass is 9.73. The van der Waals surface area contributed by atoms with E-state index in [1.54, 1.807) is 6.08 Å². The van der Waals surface area contributed by atoms with E-state index in [0.29, 0.717) is 18.8 Å².